The van der Waals surface area contributed by atoms with Crippen LogP contribution in [-0.4, -0.2) is 32.3 Å². The van der Waals surface area contributed by atoms with Gasteiger partial charge in [0.05, 0.1) is 24.1 Å². The maximum Gasteiger partial charge on any atom is 0.255 e. The van der Waals surface area contributed by atoms with Crippen LogP contribution in [0.4, 0.5) is 11.6 Å². The van der Waals surface area contributed by atoms with E-state index in [0.717, 1.165) is 11.1 Å². The Morgan fingerprint density at radius 2 is 1.88 bits per heavy atom. The molecular weight excluding hydrogens is 428 g/mol. The van der Waals surface area contributed by atoms with Crippen LogP contribution in [0, 0.1) is 0 Å². The van der Waals surface area contributed by atoms with Crippen molar-refractivity contribution >= 4 is 17.5 Å². The molecule has 0 radical (unpaired) electrons. The second-order valence-electron chi connectivity index (χ2n) is 7.80. The van der Waals surface area contributed by atoms with Crippen molar-refractivity contribution in [1.29, 1.82) is 0 Å². The van der Waals surface area contributed by atoms with E-state index in [9.17, 15) is 4.79 Å². The molecule has 0 fully saturated rings. The zero-order valence-corrected chi connectivity index (χ0v) is 18.9. The number of hydrogen-bond donors (Lipinski definition) is 2. The number of nitrogens with zero attached hydrogens (tertiary/aromatic N) is 4. The third kappa shape index (κ3) is 4.01. The molecule has 1 aliphatic heterocycles. The Balaban J connectivity index is 1.64. The maximum absolute atomic E-state index is 13.6. The number of ether oxygens (including phenoxy) is 1. The van der Waals surface area contributed by atoms with Crippen LogP contribution in [0.3, 0.4) is 0 Å². The van der Waals surface area contributed by atoms with Gasteiger partial charge in [0.15, 0.2) is 5.82 Å². The molecule has 0 spiro atoms. The van der Waals surface area contributed by atoms with E-state index < -0.39 is 6.04 Å². The van der Waals surface area contributed by atoms with E-state index in [1.807, 2.05) is 68.4 Å². The minimum absolute atomic E-state index is 0.253. The first-order chi connectivity index (χ1) is 16.7. The van der Waals surface area contributed by atoms with Crippen LogP contribution in [0.15, 0.2) is 90.4 Å². The number of allylic oxidation sites excluding steroid dienone is 1. The molecule has 3 heterocycles. The van der Waals surface area contributed by atoms with Crippen LogP contribution >= 0.6 is 0 Å². The molecule has 170 valence electrons. The number of para-hydroxylation sites is 1. The van der Waals surface area contributed by atoms with Crippen LogP contribution in [0.2, 0.25) is 0 Å². The lowest BCUT2D eigenvalue weighted by Gasteiger charge is -2.29. The Morgan fingerprint density at radius 1 is 1.09 bits per heavy atom. The van der Waals surface area contributed by atoms with Gasteiger partial charge >= 0.3 is 0 Å². The molecule has 2 aromatic heterocycles. The topological polar surface area (TPSA) is 94.0 Å². The van der Waals surface area contributed by atoms with E-state index in [2.05, 4.69) is 15.6 Å². The van der Waals surface area contributed by atoms with E-state index >= 15 is 0 Å². The van der Waals surface area contributed by atoms with Crippen LogP contribution < -0.4 is 15.4 Å². The number of aromatic nitrogens is 4. The molecular formula is C26H24N6O2. The third-order valence-electron chi connectivity index (χ3n) is 5.56. The van der Waals surface area contributed by atoms with Crippen LogP contribution in [-0.2, 0) is 4.79 Å². The second kappa shape index (κ2) is 9.19. The van der Waals surface area contributed by atoms with Crippen molar-refractivity contribution in [2.24, 2.45) is 0 Å². The SMILES string of the molecule is CCOc1ccccc1C1C(C(=O)Nc2cccnc2)=C(C)Nc2nc(-c3ccccc3)nn21. The maximum atomic E-state index is 13.6. The number of amides is 1. The Morgan fingerprint density at radius 3 is 2.65 bits per heavy atom. The number of rotatable bonds is 6. The van der Waals surface area contributed by atoms with E-state index in [1.165, 1.54) is 0 Å². The number of carbonyl (C=O) groups is 1. The van der Waals surface area contributed by atoms with Crippen LogP contribution in [0.25, 0.3) is 11.4 Å². The second-order valence-corrected chi connectivity index (χ2v) is 7.80. The van der Waals surface area contributed by atoms with Crippen molar-refractivity contribution < 1.29 is 9.53 Å². The normalized spacial score (nSPS) is 14.8. The Labute approximate surface area is 197 Å². The molecule has 1 aliphatic rings. The summed E-state index contributed by atoms with van der Waals surface area (Å²) in [7, 11) is 0. The van der Waals surface area contributed by atoms with Crippen molar-refractivity contribution in [3.8, 4) is 17.1 Å². The minimum atomic E-state index is -0.541. The first kappa shape index (κ1) is 21.4. The van der Waals surface area contributed by atoms with Gasteiger partial charge in [-0.15, -0.1) is 5.10 Å². The van der Waals surface area contributed by atoms with E-state index in [1.54, 1.807) is 29.2 Å². The Bertz CT molecular complexity index is 1350. The first-order valence-corrected chi connectivity index (χ1v) is 11.1. The smallest absolute Gasteiger partial charge is 0.255 e. The van der Waals surface area contributed by atoms with Gasteiger partial charge in [0, 0.05) is 23.0 Å². The molecule has 8 nitrogen and oxygen atoms in total. The summed E-state index contributed by atoms with van der Waals surface area (Å²) >= 11 is 0. The minimum Gasteiger partial charge on any atom is -0.494 e. The highest BCUT2D eigenvalue weighted by Gasteiger charge is 2.36. The lowest BCUT2D eigenvalue weighted by Crippen LogP contribution is -2.31. The molecule has 2 N–H and O–H groups in total. The fraction of sp³-hybridized carbons (Fsp3) is 0.154. The van der Waals surface area contributed by atoms with Gasteiger partial charge in [0.1, 0.15) is 11.8 Å². The monoisotopic (exact) mass is 452 g/mol. The highest BCUT2D eigenvalue weighted by Crippen LogP contribution is 2.40. The Hall–Kier alpha value is -4.46. The van der Waals surface area contributed by atoms with Crippen molar-refractivity contribution in [3.63, 3.8) is 0 Å². The fourth-order valence-corrected chi connectivity index (χ4v) is 4.07. The van der Waals surface area contributed by atoms with Gasteiger partial charge in [-0.2, -0.15) is 4.98 Å². The molecule has 0 saturated heterocycles. The summed E-state index contributed by atoms with van der Waals surface area (Å²) in [4.78, 5) is 22.4. The van der Waals surface area contributed by atoms with Gasteiger partial charge in [-0.1, -0.05) is 48.5 Å². The average Bonchev–Trinajstić information content (AvgIpc) is 3.28. The number of fused-ring (bicyclic) bond motifs is 1. The van der Waals surface area contributed by atoms with Crippen LogP contribution in [0.1, 0.15) is 25.5 Å². The number of benzene rings is 2. The lowest BCUT2D eigenvalue weighted by atomic mass is 9.94. The zero-order valence-electron chi connectivity index (χ0n) is 18.9. The predicted molar refractivity (Wildman–Crippen MR) is 130 cm³/mol. The molecule has 1 atom stereocenters. The van der Waals surface area contributed by atoms with Gasteiger partial charge in [0.2, 0.25) is 5.95 Å². The largest absolute Gasteiger partial charge is 0.494 e. The summed E-state index contributed by atoms with van der Waals surface area (Å²) in [6.07, 6.45) is 3.28. The van der Waals surface area contributed by atoms with Crippen molar-refractivity contribution in [2.75, 3.05) is 17.2 Å². The molecule has 0 aliphatic carbocycles. The van der Waals surface area contributed by atoms with E-state index in [4.69, 9.17) is 14.8 Å². The van der Waals surface area contributed by atoms with Crippen molar-refractivity contribution in [3.05, 3.63) is 96.0 Å². The molecule has 34 heavy (non-hydrogen) atoms. The molecule has 1 amide bonds. The molecule has 0 saturated carbocycles. The summed E-state index contributed by atoms with van der Waals surface area (Å²) in [5.74, 6) is 1.57. The molecule has 4 aromatic rings. The summed E-state index contributed by atoms with van der Waals surface area (Å²) < 4.78 is 7.69. The zero-order chi connectivity index (χ0) is 23.5. The molecule has 2 aromatic carbocycles. The molecule has 1 unspecified atom stereocenters. The predicted octanol–water partition coefficient (Wildman–Crippen LogP) is 4.67. The van der Waals surface area contributed by atoms with Gasteiger partial charge in [-0.25, -0.2) is 4.68 Å². The summed E-state index contributed by atoms with van der Waals surface area (Å²) in [6.45, 7) is 4.31. The third-order valence-corrected chi connectivity index (χ3v) is 5.56. The lowest BCUT2D eigenvalue weighted by molar-refractivity contribution is -0.113. The van der Waals surface area contributed by atoms with Gasteiger partial charge in [0.25, 0.3) is 5.91 Å². The quantitative estimate of drug-likeness (QED) is 0.442. The molecule has 5 rings (SSSR count). The van der Waals surface area contributed by atoms with Crippen molar-refractivity contribution in [2.45, 2.75) is 19.9 Å². The van der Waals surface area contributed by atoms with Crippen molar-refractivity contribution in [1.82, 2.24) is 19.7 Å². The number of hydrogen-bond acceptors (Lipinski definition) is 6. The highest BCUT2D eigenvalue weighted by atomic mass is 16.5. The summed E-state index contributed by atoms with van der Waals surface area (Å²) in [5, 5.41) is 11.0. The molecule has 0 bridgehead atoms. The summed E-state index contributed by atoms with van der Waals surface area (Å²) in [6, 6.07) is 20.5. The van der Waals surface area contributed by atoms with Gasteiger partial charge < -0.3 is 15.4 Å². The highest BCUT2D eigenvalue weighted by molar-refractivity contribution is 6.06. The van der Waals surface area contributed by atoms with E-state index in [0.29, 0.717) is 41.1 Å². The fourth-order valence-electron chi connectivity index (χ4n) is 4.07. The average molecular weight is 453 g/mol. The Kier molecular flexibility index (Phi) is 5.78. The molecule has 8 heteroatoms. The summed E-state index contributed by atoms with van der Waals surface area (Å²) in [5.41, 5.74) is 3.54. The van der Waals surface area contributed by atoms with E-state index in [-0.39, 0.29) is 5.91 Å². The van der Waals surface area contributed by atoms with Gasteiger partial charge in [-0.3, -0.25) is 9.78 Å². The number of anilines is 2. The standard InChI is InChI=1S/C26H24N6O2/c1-3-34-21-14-8-7-13-20(21)23-22(25(33)29-19-12-9-15-27-16-19)17(2)28-26-30-24(31-32(23)26)18-10-5-4-6-11-18/h4-16,23H,3H2,1-2H3,(H,29,33)(H,28,30,31). The first-order valence-electron chi connectivity index (χ1n) is 11.1. The van der Waals surface area contributed by atoms with Gasteiger partial charge in [-0.05, 0) is 32.0 Å². The number of pyridine rings is 1. The number of nitrogens with one attached hydrogen (secondary N) is 2. The van der Waals surface area contributed by atoms with Crippen LogP contribution in [0.5, 0.6) is 5.75 Å². The number of carbonyl (C=O) groups excluding carboxylic acids is 1.